The van der Waals surface area contributed by atoms with Crippen LogP contribution in [0.3, 0.4) is 0 Å². The molecule has 4 rings (SSSR count). The van der Waals surface area contributed by atoms with Crippen LogP contribution in [0.25, 0.3) is 5.69 Å². The molecule has 1 aromatic carbocycles. The van der Waals surface area contributed by atoms with Crippen molar-refractivity contribution in [2.75, 3.05) is 45.8 Å². The highest BCUT2D eigenvalue weighted by Crippen LogP contribution is 2.18. The number of likely N-dealkylation sites (tertiary alicyclic amines) is 1. The summed E-state index contributed by atoms with van der Waals surface area (Å²) in [6, 6.07) is 12.1. The first kappa shape index (κ1) is 20.7. The van der Waals surface area contributed by atoms with Gasteiger partial charge in [0.1, 0.15) is 0 Å². The van der Waals surface area contributed by atoms with Gasteiger partial charge in [-0.15, -0.1) is 0 Å². The van der Waals surface area contributed by atoms with Crippen LogP contribution in [0, 0.1) is 13.8 Å². The van der Waals surface area contributed by atoms with E-state index in [0.29, 0.717) is 19.6 Å². The predicted octanol–water partition coefficient (Wildman–Crippen LogP) is 2.86. The fourth-order valence-corrected chi connectivity index (χ4v) is 4.56. The van der Waals surface area contributed by atoms with E-state index < -0.39 is 0 Å². The number of aryl methyl sites for hydroxylation is 2. The molecule has 0 aliphatic carbocycles. The monoisotopic (exact) mass is 408 g/mol. The number of piperidine rings is 1. The zero-order chi connectivity index (χ0) is 21.1. The molecule has 2 fully saturated rings. The molecule has 0 saturated carbocycles. The van der Waals surface area contributed by atoms with Gasteiger partial charge in [0, 0.05) is 61.9 Å². The van der Waals surface area contributed by atoms with Crippen molar-refractivity contribution in [1.82, 2.24) is 19.3 Å². The molecular formula is C24H32N4O2. The van der Waals surface area contributed by atoms with Gasteiger partial charge in [0.05, 0.1) is 6.54 Å². The lowest BCUT2D eigenvalue weighted by Crippen LogP contribution is -2.52. The summed E-state index contributed by atoms with van der Waals surface area (Å²) >= 11 is 0. The highest BCUT2D eigenvalue weighted by atomic mass is 16.2. The van der Waals surface area contributed by atoms with Crippen LogP contribution in [-0.2, 0) is 4.79 Å². The Labute approximate surface area is 179 Å². The Morgan fingerprint density at radius 3 is 1.93 bits per heavy atom. The Balaban J connectivity index is 1.31. The van der Waals surface area contributed by atoms with Gasteiger partial charge >= 0.3 is 0 Å². The fourth-order valence-electron chi connectivity index (χ4n) is 4.56. The minimum atomic E-state index is 0.0736. The van der Waals surface area contributed by atoms with Crippen molar-refractivity contribution in [3.05, 3.63) is 53.3 Å². The van der Waals surface area contributed by atoms with Gasteiger partial charge in [0.2, 0.25) is 5.91 Å². The summed E-state index contributed by atoms with van der Waals surface area (Å²) in [5.41, 5.74) is 4.16. The molecule has 2 saturated heterocycles. The van der Waals surface area contributed by atoms with Gasteiger partial charge in [0.15, 0.2) is 0 Å². The van der Waals surface area contributed by atoms with Gasteiger partial charge in [-0.05, 0) is 69.5 Å². The number of aromatic nitrogens is 1. The van der Waals surface area contributed by atoms with E-state index in [1.165, 1.54) is 17.8 Å². The van der Waals surface area contributed by atoms with Gasteiger partial charge in [-0.3, -0.25) is 14.5 Å². The average Bonchev–Trinajstić information content (AvgIpc) is 3.12. The smallest absolute Gasteiger partial charge is 0.253 e. The minimum absolute atomic E-state index is 0.0736. The summed E-state index contributed by atoms with van der Waals surface area (Å²) in [5.74, 6) is 0.310. The van der Waals surface area contributed by atoms with Gasteiger partial charge in [-0.25, -0.2) is 0 Å². The Hall–Kier alpha value is -2.60. The topological polar surface area (TPSA) is 48.8 Å². The van der Waals surface area contributed by atoms with Crippen molar-refractivity contribution in [2.24, 2.45) is 0 Å². The number of amides is 2. The third-order valence-electron chi connectivity index (χ3n) is 6.37. The Kier molecular flexibility index (Phi) is 6.23. The lowest BCUT2D eigenvalue weighted by Gasteiger charge is -2.36. The summed E-state index contributed by atoms with van der Waals surface area (Å²) in [4.78, 5) is 31.5. The fraction of sp³-hybridized carbons (Fsp3) is 0.500. The van der Waals surface area contributed by atoms with Crippen molar-refractivity contribution in [1.29, 1.82) is 0 Å². The summed E-state index contributed by atoms with van der Waals surface area (Å²) < 4.78 is 2.19. The molecule has 3 heterocycles. The summed E-state index contributed by atoms with van der Waals surface area (Å²) in [7, 11) is 0. The summed E-state index contributed by atoms with van der Waals surface area (Å²) in [5, 5.41) is 0. The van der Waals surface area contributed by atoms with Crippen molar-refractivity contribution in [2.45, 2.75) is 33.1 Å². The first-order valence-electron chi connectivity index (χ1n) is 11.1. The van der Waals surface area contributed by atoms with Gasteiger partial charge < -0.3 is 14.4 Å². The lowest BCUT2D eigenvalue weighted by atomic mass is 10.1. The number of carbonyl (C=O) groups is 2. The molecule has 0 bridgehead atoms. The second-order valence-corrected chi connectivity index (χ2v) is 8.51. The quantitative estimate of drug-likeness (QED) is 0.782. The van der Waals surface area contributed by atoms with E-state index >= 15 is 0 Å². The molecule has 30 heavy (non-hydrogen) atoms. The predicted molar refractivity (Wildman–Crippen MR) is 118 cm³/mol. The Morgan fingerprint density at radius 1 is 0.733 bits per heavy atom. The van der Waals surface area contributed by atoms with E-state index in [2.05, 4.69) is 35.4 Å². The SMILES string of the molecule is Cc1ccc(C)n1-c1ccc(C(=O)N2CCN(CC(=O)N3CCCCC3)CC2)cc1. The second-order valence-electron chi connectivity index (χ2n) is 8.51. The van der Waals surface area contributed by atoms with Crippen LogP contribution < -0.4 is 0 Å². The van der Waals surface area contributed by atoms with Gasteiger partial charge in [-0.1, -0.05) is 0 Å². The third kappa shape index (κ3) is 4.43. The Morgan fingerprint density at radius 2 is 1.33 bits per heavy atom. The number of hydrogen-bond donors (Lipinski definition) is 0. The third-order valence-corrected chi connectivity index (χ3v) is 6.37. The van der Waals surface area contributed by atoms with Crippen LogP contribution in [0.4, 0.5) is 0 Å². The highest BCUT2D eigenvalue weighted by Gasteiger charge is 2.25. The van der Waals surface area contributed by atoms with E-state index in [1.54, 1.807) is 0 Å². The maximum absolute atomic E-state index is 12.9. The molecule has 0 unspecified atom stereocenters. The average molecular weight is 409 g/mol. The van der Waals surface area contributed by atoms with E-state index in [4.69, 9.17) is 0 Å². The number of benzene rings is 1. The maximum atomic E-state index is 12.9. The van der Waals surface area contributed by atoms with Crippen LogP contribution in [0.15, 0.2) is 36.4 Å². The molecule has 0 spiro atoms. The Bertz CT molecular complexity index is 869. The standard InChI is InChI=1S/C24H32N4O2/c1-19-6-7-20(2)28(19)22-10-8-21(9-11-22)24(30)27-16-14-25(15-17-27)18-23(29)26-12-4-3-5-13-26/h6-11H,3-5,12-18H2,1-2H3. The van der Waals surface area contributed by atoms with Crippen LogP contribution in [0.1, 0.15) is 41.0 Å². The minimum Gasteiger partial charge on any atom is -0.342 e. The molecule has 0 atom stereocenters. The number of hydrogen-bond acceptors (Lipinski definition) is 3. The molecule has 2 aromatic rings. The molecule has 6 nitrogen and oxygen atoms in total. The summed E-state index contributed by atoms with van der Waals surface area (Å²) in [6.45, 7) is 9.30. The number of piperazine rings is 1. The largest absolute Gasteiger partial charge is 0.342 e. The zero-order valence-electron chi connectivity index (χ0n) is 18.1. The van der Waals surface area contributed by atoms with Crippen molar-refractivity contribution >= 4 is 11.8 Å². The normalized spacial score (nSPS) is 17.9. The number of nitrogens with zero attached hydrogens (tertiary/aromatic N) is 4. The molecular weight excluding hydrogens is 376 g/mol. The van der Waals surface area contributed by atoms with Crippen molar-refractivity contribution in [3.8, 4) is 5.69 Å². The van der Waals surface area contributed by atoms with E-state index in [-0.39, 0.29) is 11.8 Å². The second kappa shape index (κ2) is 9.04. The maximum Gasteiger partial charge on any atom is 0.253 e. The summed E-state index contributed by atoms with van der Waals surface area (Å²) in [6.07, 6.45) is 3.47. The molecule has 2 amide bonds. The lowest BCUT2D eigenvalue weighted by molar-refractivity contribution is -0.133. The molecule has 2 aliphatic heterocycles. The molecule has 0 radical (unpaired) electrons. The van der Waals surface area contributed by atoms with Crippen molar-refractivity contribution in [3.63, 3.8) is 0 Å². The van der Waals surface area contributed by atoms with E-state index in [9.17, 15) is 9.59 Å². The first-order valence-corrected chi connectivity index (χ1v) is 11.1. The molecule has 160 valence electrons. The van der Waals surface area contributed by atoms with Gasteiger partial charge in [0.25, 0.3) is 5.91 Å². The molecule has 1 aromatic heterocycles. The number of carbonyl (C=O) groups excluding carboxylic acids is 2. The molecule has 2 aliphatic rings. The van der Waals surface area contributed by atoms with Crippen LogP contribution in [-0.4, -0.2) is 76.9 Å². The van der Waals surface area contributed by atoms with Crippen LogP contribution in [0.5, 0.6) is 0 Å². The molecule has 6 heteroatoms. The van der Waals surface area contributed by atoms with Gasteiger partial charge in [-0.2, -0.15) is 0 Å². The van der Waals surface area contributed by atoms with E-state index in [1.807, 2.05) is 34.1 Å². The van der Waals surface area contributed by atoms with Crippen LogP contribution >= 0.6 is 0 Å². The van der Waals surface area contributed by atoms with Crippen LogP contribution in [0.2, 0.25) is 0 Å². The zero-order valence-corrected chi connectivity index (χ0v) is 18.1. The first-order chi connectivity index (χ1) is 14.5. The number of rotatable bonds is 4. The van der Waals surface area contributed by atoms with E-state index in [0.717, 1.165) is 50.3 Å². The highest BCUT2D eigenvalue weighted by molar-refractivity contribution is 5.94. The molecule has 0 N–H and O–H groups in total. The van der Waals surface area contributed by atoms with Crippen molar-refractivity contribution < 1.29 is 9.59 Å².